The highest BCUT2D eigenvalue weighted by molar-refractivity contribution is 5.47. The summed E-state index contributed by atoms with van der Waals surface area (Å²) < 4.78 is 11.0. The summed E-state index contributed by atoms with van der Waals surface area (Å²) in [6.07, 6.45) is 4.55. The molecule has 7 nitrogen and oxygen atoms in total. The number of H-pyrrole nitrogens is 1. The van der Waals surface area contributed by atoms with Gasteiger partial charge in [0.15, 0.2) is 0 Å². The van der Waals surface area contributed by atoms with Crippen LogP contribution in [0.25, 0.3) is 0 Å². The Morgan fingerprint density at radius 2 is 2.07 bits per heavy atom. The van der Waals surface area contributed by atoms with Gasteiger partial charge in [-0.3, -0.25) is 9.78 Å². The zero-order chi connectivity index (χ0) is 19.8. The number of aromatic amines is 1. The standard InChI is InChI=1S/C22H28N4O3/c1-28-18-5-3-2-4-16(18)12-17-14-22(6-7-22)15-26(17)21-23-19(13-20(27)24-21)25-8-10-29-11-9-25/h2-5,13,17H,6-12,14-15H2,1H3,(H,23,24,27)/t17-/m1/s1. The molecular weight excluding hydrogens is 368 g/mol. The van der Waals surface area contributed by atoms with Crippen molar-refractivity contribution in [1.82, 2.24) is 9.97 Å². The Bertz CT molecular complexity index is 934. The Morgan fingerprint density at radius 3 is 2.83 bits per heavy atom. The second-order valence-corrected chi connectivity index (χ2v) is 8.53. The topological polar surface area (TPSA) is 70.7 Å². The van der Waals surface area contributed by atoms with Gasteiger partial charge < -0.3 is 19.3 Å². The van der Waals surface area contributed by atoms with Crippen LogP contribution >= 0.6 is 0 Å². The normalized spacial score (nSPS) is 22.9. The van der Waals surface area contributed by atoms with Crippen LogP contribution in [-0.2, 0) is 11.2 Å². The summed E-state index contributed by atoms with van der Waals surface area (Å²) in [5, 5.41) is 0. The summed E-state index contributed by atoms with van der Waals surface area (Å²) in [6.45, 7) is 3.84. The number of benzene rings is 1. The molecule has 5 rings (SSSR count). The average molecular weight is 396 g/mol. The van der Waals surface area contributed by atoms with E-state index in [0.29, 0.717) is 30.6 Å². The van der Waals surface area contributed by atoms with E-state index >= 15 is 0 Å². The molecule has 1 aromatic carbocycles. The maximum atomic E-state index is 12.5. The first-order chi connectivity index (χ1) is 14.2. The van der Waals surface area contributed by atoms with Gasteiger partial charge in [0.05, 0.1) is 20.3 Å². The van der Waals surface area contributed by atoms with E-state index in [1.165, 1.54) is 18.4 Å². The van der Waals surface area contributed by atoms with Crippen molar-refractivity contribution in [2.24, 2.45) is 5.41 Å². The molecule has 3 fully saturated rings. The molecule has 2 aliphatic heterocycles. The van der Waals surface area contributed by atoms with E-state index < -0.39 is 0 Å². The van der Waals surface area contributed by atoms with E-state index in [9.17, 15) is 4.79 Å². The first-order valence-electron chi connectivity index (χ1n) is 10.5. The zero-order valence-electron chi connectivity index (χ0n) is 16.9. The highest BCUT2D eigenvalue weighted by Gasteiger charge is 2.52. The van der Waals surface area contributed by atoms with Gasteiger partial charge in [0.2, 0.25) is 5.95 Å². The number of para-hydroxylation sites is 1. The molecule has 0 amide bonds. The lowest BCUT2D eigenvalue weighted by Gasteiger charge is -2.30. The summed E-state index contributed by atoms with van der Waals surface area (Å²) >= 11 is 0. The lowest BCUT2D eigenvalue weighted by Crippen LogP contribution is -2.39. The largest absolute Gasteiger partial charge is 0.496 e. The monoisotopic (exact) mass is 396 g/mol. The van der Waals surface area contributed by atoms with Crippen LogP contribution < -0.4 is 20.1 Å². The van der Waals surface area contributed by atoms with Crippen LogP contribution in [0, 0.1) is 5.41 Å². The molecule has 154 valence electrons. The number of nitrogens with zero attached hydrogens (tertiary/aromatic N) is 3. The zero-order valence-corrected chi connectivity index (χ0v) is 16.9. The van der Waals surface area contributed by atoms with Crippen molar-refractivity contribution in [3.63, 3.8) is 0 Å². The predicted octanol–water partition coefficient (Wildman–Crippen LogP) is 2.22. The van der Waals surface area contributed by atoms with E-state index in [1.54, 1.807) is 13.2 Å². The molecule has 1 N–H and O–H groups in total. The van der Waals surface area contributed by atoms with Gasteiger partial charge in [-0.2, -0.15) is 4.98 Å². The Labute approximate surface area is 170 Å². The van der Waals surface area contributed by atoms with E-state index in [1.807, 2.05) is 12.1 Å². The number of nitrogens with one attached hydrogen (secondary N) is 1. The number of ether oxygens (including phenoxy) is 2. The fourth-order valence-electron chi connectivity index (χ4n) is 4.78. The quantitative estimate of drug-likeness (QED) is 0.836. The third kappa shape index (κ3) is 3.71. The summed E-state index contributed by atoms with van der Waals surface area (Å²) in [4.78, 5) is 24.8. The van der Waals surface area contributed by atoms with E-state index in [-0.39, 0.29) is 5.56 Å². The van der Waals surface area contributed by atoms with Crippen molar-refractivity contribution in [3.05, 3.63) is 46.2 Å². The second-order valence-electron chi connectivity index (χ2n) is 8.53. The van der Waals surface area contributed by atoms with Gasteiger partial charge in [0, 0.05) is 31.7 Å². The fraction of sp³-hybridized carbons (Fsp3) is 0.545. The summed E-state index contributed by atoms with van der Waals surface area (Å²) in [5.41, 5.74) is 1.50. The molecular formula is C22H28N4O3. The highest BCUT2D eigenvalue weighted by Crippen LogP contribution is 2.55. The molecule has 1 spiro atoms. The minimum Gasteiger partial charge on any atom is -0.496 e. The van der Waals surface area contributed by atoms with Crippen molar-refractivity contribution < 1.29 is 9.47 Å². The van der Waals surface area contributed by atoms with E-state index in [2.05, 4.69) is 26.9 Å². The maximum Gasteiger partial charge on any atom is 0.254 e. The van der Waals surface area contributed by atoms with Crippen LogP contribution in [0.4, 0.5) is 11.8 Å². The maximum absolute atomic E-state index is 12.5. The van der Waals surface area contributed by atoms with E-state index in [0.717, 1.165) is 44.0 Å². The van der Waals surface area contributed by atoms with Crippen LogP contribution in [0.15, 0.2) is 35.1 Å². The lowest BCUT2D eigenvalue weighted by molar-refractivity contribution is 0.122. The van der Waals surface area contributed by atoms with Crippen molar-refractivity contribution in [2.75, 3.05) is 49.8 Å². The van der Waals surface area contributed by atoms with Crippen molar-refractivity contribution in [2.45, 2.75) is 31.7 Å². The van der Waals surface area contributed by atoms with Gasteiger partial charge >= 0.3 is 0 Å². The molecule has 1 saturated carbocycles. The minimum absolute atomic E-state index is 0.0933. The third-order valence-electron chi connectivity index (χ3n) is 6.54. The predicted molar refractivity (Wildman–Crippen MR) is 112 cm³/mol. The van der Waals surface area contributed by atoms with Crippen molar-refractivity contribution in [3.8, 4) is 5.75 Å². The molecule has 0 unspecified atom stereocenters. The molecule has 2 aromatic rings. The molecule has 7 heteroatoms. The summed E-state index contributed by atoms with van der Waals surface area (Å²) in [5.74, 6) is 2.37. The average Bonchev–Trinajstić information content (AvgIpc) is 3.41. The number of hydrogen-bond donors (Lipinski definition) is 1. The lowest BCUT2D eigenvalue weighted by atomic mass is 9.98. The van der Waals surface area contributed by atoms with Crippen LogP contribution in [0.2, 0.25) is 0 Å². The Morgan fingerprint density at radius 1 is 1.28 bits per heavy atom. The van der Waals surface area contributed by atoms with Gasteiger partial charge in [0.25, 0.3) is 5.56 Å². The van der Waals surface area contributed by atoms with Gasteiger partial charge in [-0.05, 0) is 42.7 Å². The van der Waals surface area contributed by atoms with Crippen molar-refractivity contribution in [1.29, 1.82) is 0 Å². The number of aromatic nitrogens is 2. The molecule has 3 aliphatic rings. The fourth-order valence-corrected chi connectivity index (χ4v) is 4.78. The number of hydrogen-bond acceptors (Lipinski definition) is 6. The Balaban J connectivity index is 1.45. The molecule has 29 heavy (non-hydrogen) atoms. The smallest absolute Gasteiger partial charge is 0.254 e. The van der Waals surface area contributed by atoms with Crippen LogP contribution in [0.3, 0.4) is 0 Å². The van der Waals surface area contributed by atoms with Crippen LogP contribution in [0.5, 0.6) is 5.75 Å². The summed E-state index contributed by atoms with van der Waals surface area (Å²) in [6, 6.07) is 10.1. The van der Waals surface area contributed by atoms with Gasteiger partial charge in [0.1, 0.15) is 11.6 Å². The first kappa shape index (κ1) is 18.5. The number of rotatable bonds is 5. The molecule has 0 radical (unpaired) electrons. The van der Waals surface area contributed by atoms with Crippen molar-refractivity contribution >= 4 is 11.8 Å². The SMILES string of the molecule is COc1ccccc1C[C@@H]1CC2(CC2)CN1c1nc(N2CCOCC2)cc(=O)[nH]1. The minimum atomic E-state index is -0.0933. The Kier molecular flexibility index (Phi) is 4.70. The Hall–Kier alpha value is -2.54. The molecule has 1 aromatic heterocycles. The summed E-state index contributed by atoms with van der Waals surface area (Å²) in [7, 11) is 1.72. The molecule has 0 bridgehead atoms. The molecule has 1 atom stereocenters. The molecule has 1 aliphatic carbocycles. The van der Waals surface area contributed by atoms with Crippen LogP contribution in [0.1, 0.15) is 24.8 Å². The number of anilines is 2. The third-order valence-corrected chi connectivity index (χ3v) is 6.54. The number of morpholine rings is 1. The second kappa shape index (κ2) is 7.37. The van der Waals surface area contributed by atoms with Gasteiger partial charge in [-0.25, -0.2) is 0 Å². The molecule has 3 heterocycles. The van der Waals surface area contributed by atoms with Gasteiger partial charge in [-0.15, -0.1) is 0 Å². The first-order valence-corrected chi connectivity index (χ1v) is 10.5. The van der Waals surface area contributed by atoms with Gasteiger partial charge in [-0.1, -0.05) is 18.2 Å². The molecule has 2 saturated heterocycles. The van der Waals surface area contributed by atoms with E-state index in [4.69, 9.17) is 14.5 Å². The van der Waals surface area contributed by atoms with Crippen LogP contribution in [-0.4, -0.2) is 56.0 Å². The highest BCUT2D eigenvalue weighted by atomic mass is 16.5. The number of methoxy groups -OCH3 is 1.